The molecule has 3 aromatic rings. The summed E-state index contributed by atoms with van der Waals surface area (Å²) in [7, 11) is -0.400. The first kappa shape index (κ1) is 21.7. The molecule has 0 bridgehead atoms. The third kappa shape index (κ3) is 3.93. The van der Waals surface area contributed by atoms with Crippen LogP contribution >= 0.6 is 11.3 Å². The van der Waals surface area contributed by atoms with Crippen LogP contribution in [0.3, 0.4) is 0 Å². The van der Waals surface area contributed by atoms with E-state index in [2.05, 4.69) is 17.1 Å². The highest BCUT2D eigenvalue weighted by molar-refractivity contribution is 7.89. The summed E-state index contributed by atoms with van der Waals surface area (Å²) in [6, 6.07) is 9.59. The average molecular weight is 460 g/mol. The van der Waals surface area contributed by atoms with Gasteiger partial charge in [0.25, 0.3) is 5.91 Å². The molecule has 1 unspecified atom stereocenters. The molecule has 1 atom stereocenters. The highest BCUT2D eigenvalue weighted by Crippen LogP contribution is 2.28. The quantitative estimate of drug-likeness (QED) is 0.600. The number of thiazole rings is 1. The molecule has 2 aromatic carbocycles. The zero-order valence-electron chi connectivity index (χ0n) is 18.0. The Bertz CT molecular complexity index is 1320. The fourth-order valence-electron chi connectivity index (χ4n) is 4.00. The third-order valence-electron chi connectivity index (χ3n) is 5.60. The maximum atomic E-state index is 13.2. The number of sulfonamides is 1. The molecule has 1 aliphatic heterocycles. The molecule has 1 saturated heterocycles. The highest BCUT2D eigenvalue weighted by atomic mass is 32.2. The molecular formula is C22H25N3O4S2. The summed E-state index contributed by atoms with van der Waals surface area (Å²) in [5, 5.41) is 0. The van der Waals surface area contributed by atoms with Crippen molar-refractivity contribution in [1.29, 1.82) is 0 Å². The van der Waals surface area contributed by atoms with E-state index in [-0.39, 0.29) is 4.90 Å². The van der Waals surface area contributed by atoms with Crippen LogP contribution in [0.1, 0.15) is 24.0 Å². The fourth-order valence-corrected chi connectivity index (χ4v) is 6.73. The second-order valence-corrected chi connectivity index (χ2v) is 10.6. The number of rotatable bonds is 4. The van der Waals surface area contributed by atoms with Gasteiger partial charge in [-0.1, -0.05) is 17.4 Å². The van der Waals surface area contributed by atoms with Crippen molar-refractivity contribution in [1.82, 2.24) is 8.87 Å². The van der Waals surface area contributed by atoms with Gasteiger partial charge in [0.2, 0.25) is 10.0 Å². The van der Waals surface area contributed by atoms with Crippen LogP contribution in [0.15, 0.2) is 46.3 Å². The molecule has 9 heteroatoms. The molecule has 0 saturated carbocycles. The van der Waals surface area contributed by atoms with Gasteiger partial charge in [0.1, 0.15) is 11.8 Å². The number of benzene rings is 2. The van der Waals surface area contributed by atoms with Gasteiger partial charge in [0.15, 0.2) is 4.80 Å². The van der Waals surface area contributed by atoms with Gasteiger partial charge >= 0.3 is 0 Å². The van der Waals surface area contributed by atoms with Gasteiger partial charge in [-0.05, 0) is 68.1 Å². The van der Waals surface area contributed by atoms with E-state index >= 15 is 0 Å². The fraction of sp³-hybridized carbons (Fsp3) is 0.364. The first-order valence-corrected chi connectivity index (χ1v) is 12.3. The number of carbonyl (C=O) groups excluding carboxylic acids is 1. The van der Waals surface area contributed by atoms with Gasteiger partial charge in [-0.25, -0.2) is 8.42 Å². The number of amides is 1. The van der Waals surface area contributed by atoms with Crippen LogP contribution in [-0.2, 0) is 21.9 Å². The number of aromatic nitrogens is 1. The number of hydrogen-bond acceptors (Lipinski definition) is 5. The molecule has 4 rings (SSSR count). The Morgan fingerprint density at radius 1 is 1.19 bits per heavy atom. The number of aryl methyl sites for hydroxylation is 3. The van der Waals surface area contributed by atoms with Crippen molar-refractivity contribution in [2.75, 3.05) is 13.7 Å². The molecule has 1 aliphatic rings. The van der Waals surface area contributed by atoms with Crippen molar-refractivity contribution >= 4 is 37.5 Å². The maximum absolute atomic E-state index is 13.2. The van der Waals surface area contributed by atoms with Crippen molar-refractivity contribution in [2.24, 2.45) is 12.0 Å². The number of nitrogens with zero attached hydrogens (tertiary/aromatic N) is 3. The number of fused-ring (bicyclic) bond motifs is 1. The first-order chi connectivity index (χ1) is 14.7. The zero-order chi connectivity index (χ0) is 22.3. The van der Waals surface area contributed by atoms with E-state index in [1.54, 1.807) is 12.1 Å². The lowest BCUT2D eigenvalue weighted by Gasteiger charge is -2.21. The molecule has 1 aromatic heterocycles. The third-order valence-corrected chi connectivity index (χ3v) is 8.81. The minimum Gasteiger partial charge on any atom is -0.497 e. The lowest BCUT2D eigenvalue weighted by atomic mass is 10.1. The van der Waals surface area contributed by atoms with Crippen molar-refractivity contribution < 1.29 is 17.9 Å². The molecule has 2 heterocycles. The predicted molar refractivity (Wildman–Crippen MR) is 121 cm³/mol. The average Bonchev–Trinajstić information content (AvgIpc) is 3.35. The molecule has 1 amide bonds. The molecular weight excluding hydrogens is 434 g/mol. The van der Waals surface area contributed by atoms with E-state index in [1.807, 2.05) is 25.5 Å². The Morgan fingerprint density at radius 2 is 1.90 bits per heavy atom. The van der Waals surface area contributed by atoms with Gasteiger partial charge in [0.05, 0.1) is 22.2 Å². The molecule has 1 fully saturated rings. The Labute approximate surface area is 185 Å². The Hall–Kier alpha value is -2.49. The van der Waals surface area contributed by atoms with E-state index in [0.717, 1.165) is 21.3 Å². The summed E-state index contributed by atoms with van der Waals surface area (Å²) in [5.41, 5.74) is 3.29. The maximum Gasteiger partial charge on any atom is 0.266 e. The summed E-state index contributed by atoms with van der Waals surface area (Å²) in [6.45, 7) is 4.38. The SMILES string of the molecule is COc1ccc(S(=O)(=O)N2CCCC2C(=O)N=c2sc3c(C)cc(C)cc3n2C)cc1. The van der Waals surface area contributed by atoms with Gasteiger partial charge in [-0.15, -0.1) is 0 Å². The highest BCUT2D eigenvalue weighted by Gasteiger charge is 2.39. The summed E-state index contributed by atoms with van der Waals surface area (Å²) >= 11 is 1.45. The van der Waals surface area contributed by atoms with E-state index in [1.165, 1.54) is 34.9 Å². The summed E-state index contributed by atoms with van der Waals surface area (Å²) < 4.78 is 35.7. The van der Waals surface area contributed by atoms with Crippen LogP contribution in [0.2, 0.25) is 0 Å². The monoisotopic (exact) mass is 459 g/mol. The molecule has 0 radical (unpaired) electrons. The Morgan fingerprint density at radius 3 is 2.58 bits per heavy atom. The standard InChI is InChI=1S/C22H25N3O4S2/c1-14-12-15(2)20-19(13-14)24(3)22(30-20)23-21(26)18-6-5-11-25(18)31(27,28)17-9-7-16(29-4)8-10-17/h7-10,12-13,18H,5-6,11H2,1-4H3. The smallest absolute Gasteiger partial charge is 0.266 e. The van der Waals surface area contributed by atoms with Crippen molar-refractivity contribution in [3.05, 3.63) is 52.3 Å². The summed E-state index contributed by atoms with van der Waals surface area (Å²) in [6.07, 6.45) is 1.09. The van der Waals surface area contributed by atoms with E-state index < -0.39 is 22.0 Å². The van der Waals surface area contributed by atoms with Crippen molar-refractivity contribution in [3.8, 4) is 5.75 Å². The lowest BCUT2D eigenvalue weighted by molar-refractivity contribution is -0.121. The molecule has 0 spiro atoms. The minimum atomic E-state index is -3.80. The number of ether oxygens (including phenoxy) is 1. The number of hydrogen-bond donors (Lipinski definition) is 0. The van der Waals surface area contributed by atoms with E-state index in [4.69, 9.17) is 4.74 Å². The van der Waals surface area contributed by atoms with Gasteiger partial charge in [-0.2, -0.15) is 9.30 Å². The van der Waals surface area contributed by atoms with Gasteiger partial charge in [0, 0.05) is 13.6 Å². The van der Waals surface area contributed by atoms with Crippen LogP contribution in [0, 0.1) is 13.8 Å². The van der Waals surface area contributed by atoms with Crippen molar-refractivity contribution in [3.63, 3.8) is 0 Å². The minimum absolute atomic E-state index is 0.145. The molecule has 164 valence electrons. The van der Waals surface area contributed by atoms with Crippen LogP contribution in [0.5, 0.6) is 5.75 Å². The lowest BCUT2D eigenvalue weighted by Crippen LogP contribution is -2.40. The van der Waals surface area contributed by atoms with Crippen LogP contribution in [0.25, 0.3) is 10.2 Å². The van der Waals surface area contributed by atoms with Crippen LogP contribution in [0.4, 0.5) is 0 Å². The zero-order valence-corrected chi connectivity index (χ0v) is 19.6. The number of methoxy groups -OCH3 is 1. The predicted octanol–water partition coefficient (Wildman–Crippen LogP) is 3.15. The van der Waals surface area contributed by atoms with Gasteiger partial charge < -0.3 is 9.30 Å². The Balaban J connectivity index is 1.69. The summed E-state index contributed by atoms with van der Waals surface area (Å²) in [5.74, 6) is 0.150. The normalized spacial score (nSPS) is 18.1. The van der Waals surface area contributed by atoms with E-state index in [9.17, 15) is 13.2 Å². The Kier molecular flexibility index (Phi) is 5.76. The molecule has 31 heavy (non-hydrogen) atoms. The van der Waals surface area contributed by atoms with Crippen LogP contribution in [-0.4, -0.2) is 42.9 Å². The number of carbonyl (C=O) groups is 1. The second-order valence-electron chi connectivity index (χ2n) is 7.77. The van der Waals surface area contributed by atoms with E-state index in [0.29, 0.717) is 29.9 Å². The largest absolute Gasteiger partial charge is 0.497 e. The first-order valence-electron chi connectivity index (χ1n) is 10.0. The molecule has 7 nitrogen and oxygen atoms in total. The summed E-state index contributed by atoms with van der Waals surface area (Å²) in [4.78, 5) is 18.2. The second kappa shape index (κ2) is 8.22. The topological polar surface area (TPSA) is 81.0 Å². The van der Waals surface area contributed by atoms with Crippen LogP contribution < -0.4 is 9.54 Å². The molecule has 0 aliphatic carbocycles. The van der Waals surface area contributed by atoms with Crippen molar-refractivity contribution in [2.45, 2.75) is 37.6 Å². The van der Waals surface area contributed by atoms with Gasteiger partial charge in [-0.3, -0.25) is 4.79 Å². The molecule has 0 N–H and O–H groups in total.